The summed E-state index contributed by atoms with van der Waals surface area (Å²) in [5.74, 6) is -0.755. The third kappa shape index (κ3) is 2.25. The molecule has 0 bridgehead atoms. The molecule has 0 aliphatic heterocycles. The molecule has 1 rings (SSSR count). The standard InChI is InChI=1S/C6H4F2INO/c7-3-11-5-2-10-6(9)1-4(5)8/h1-2H,3H2. The number of alkyl halides is 1. The molecule has 0 saturated heterocycles. The Kier molecular flexibility index (Phi) is 2.98. The number of halogens is 3. The summed E-state index contributed by atoms with van der Waals surface area (Å²) in [6, 6.07) is 1.17. The molecule has 0 N–H and O–H groups in total. The molecule has 0 aliphatic carbocycles. The summed E-state index contributed by atoms with van der Waals surface area (Å²) in [5, 5.41) is 0. The van der Waals surface area contributed by atoms with Crippen LogP contribution in [0.2, 0.25) is 0 Å². The SMILES string of the molecule is FCOc1cnc(I)cc1F. The Morgan fingerprint density at radius 3 is 2.91 bits per heavy atom. The fourth-order valence-electron chi connectivity index (χ4n) is 0.560. The molecule has 0 fully saturated rings. The van der Waals surface area contributed by atoms with Gasteiger partial charge in [0, 0.05) is 6.07 Å². The first-order valence-electron chi connectivity index (χ1n) is 2.74. The number of hydrogen-bond acceptors (Lipinski definition) is 2. The Bertz CT molecular complexity index is 256. The normalized spacial score (nSPS) is 9.73. The number of ether oxygens (including phenoxy) is 1. The zero-order valence-corrected chi connectivity index (χ0v) is 7.51. The highest BCUT2D eigenvalue weighted by molar-refractivity contribution is 14.1. The first-order valence-corrected chi connectivity index (χ1v) is 3.81. The first-order chi connectivity index (χ1) is 5.24. The molecule has 5 heteroatoms. The van der Waals surface area contributed by atoms with Crippen LogP contribution in [0.5, 0.6) is 5.75 Å². The fourth-order valence-corrected chi connectivity index (χ4v) is 0.973. The number of hydrogen-bond donors (Lipinski definition) is 0. The molecule has 0 atom stereocenters. The number of aromatic nitrogens is 1. The Morgan fingerprint density at radius 2 is 2.36 bits per heavy atom. The Balaban J connectivity index is 2.90. The van der Waals surface area contributed by atoms with Crippen molar-refractivity contribution in [3.63, 3.8) is 0 Å². The highest BCUT2D eigenvalue weighted by atomic mass is 127. The van der Waals surface area contributed by atoms with Gasteiger partial charge in [0.2, 0.25) is 6.86 Å². The van der Waals surface area contributed by atoms with Crippen molar-refractivity contribution < 1.29 is 13.5 Å². The van der Waals surface area contributed by atoms with Crippen molar-refractivity contribution in [1.82, 2.24) is 4.98 Å². The highest BCUT2D eigenvalue weighted by Crippen LogP contribution is 2.16. The second-order valence-corrected chi connectivity index (χ2v) is 2.80. The van der Waals surface area contributed by atoms with Crippen molar-refractivity contribution in [2.45, 2.75) is 0 Å². The fraction of sp³-hybridized carbons (Fsp3) is 0.167. The maximum atomic E-state index is 12.7. The minimum Gasteiger partial charge on any atom is -0.458 e. The molecule has 0 aliphatic rings. The summed E-state index contributed by atoms with van der Waals surface area (Å²) < 4.78 is 29.0. The molecule has 0 spiro atoms. The summed E-state index contributed by atoms with van der Waals surface area (Å²) in [7, 11) is 0. The second kappa shape index (κ2) is 3.80. The molecule has 11 heavy (non-hydrogen) atoms. The van der Waals surface area contributed by atoms with Gasteiger partial charge in [0.15, 0.2) is 11.6 Å². The topological polar surface area (TPSA) is 22.1 Å². The van der Waals surface area contributed by atoms with Gasteiger partial charge in [-0.1, -0.05) is 0 Å². The molecule has 0 saturated carbocycles. The van der Waals surface area contributed by atoms with Crippen molar-refractivity contribution >= 4 is 22.6 Å². The van der Waals surface area contributed by atoms with Gasteiger partial charge in [0.1, 0.15) is 3.70 Å². The molecular weight excluding hydrogens is 267 g/mol. The molecule has 1 aromatic heterocycles. The van der Waals surface area contributed by atoms with E-state index in [0.717, 1.165) is 6.20 Å². The summed E-state index contributed by atoms with van der Waals surface area (Å²) in [6.07, 6.45) is 1.15. The van der Waals surface area contributed by atoms with Crippen LogP contribution in [0.15, 0.2) is 12.3 Å². The monoisotopic (exact) mass is 271 g/mol. The zero-order valence-electron chi connectivity index (χ0n) is 5.35. The van der Waals surface area contributed by atoms with Crippen LogP contribution in [0.3, 0.4) is 0 Å². The van der Waals surface area contributed by atoms with E-state index in [1.54, 1.807) is 0 Å². The summed E-state index contributed by atoms with van der Waals surface area (Å²) in [6.45, 7) is -1.04. The predicted octanol–water partition coefficient (Wildman–Crippen LogP) is 2.13. The van der Waals surface area contributed by atoms with Gasteiger partial charge in [-0.2, -0.15) is 0 Å². The van der Waals surface area contributed by atoms with E-state index in [9.17, 15) is 8.78 Å². The van der Waals surface area contributed by atoms with Gasteiger partial charge in [-0.3, -0.25) is 0 Å². The molecule has 0 aromatic carbocycles. The van der Waals surface area contributed by atoms with Crippen LogP contribution in [0.25, 0.3) is 0 Å². The minimum absolute atomic E-state index is 0.159. The van der Waals surface area contributed by atoms with E-state index in [4.69, 9.17) is 0 Å². The molecule has 2 nitrogen and oxygen atoms in total. The van der Waals surface area contributed by atoms with Crippen LogP contribution in [-0.4, -0.2) is 11.8 Å². The van der Waals surface area contributed by atoms with Gasteiger partial charge in [-0.15, -0.1) is 0 Å². The van der Waals surface area contributed by atoms with Gasteiger partial charge in [0.25, 0.3) is 0 Å². The van der Waals surface area contributed by atoms with E-state index in [1.807, 2.05) is 22.6 Å². The smallest absolute Gasteiger partial charge is 0.228 e. The highest BCUT2D eigenvalue weighted by Gasteiger charge is 2.03. The lowest BCUT2D eigenvalue weighted by atomic mass is 10.4. The second-order valence-electron chi connectivity index (χ2n) is 1.69. The predicted molar refractivity (Wildman–Crippen MR) is 43.5 cm³/mol. The lowest BCUT2D eigenvalue weighted by Gasteiger charge is -2.00. The quantitative estimate of drug-likeness (QED) is 0.607. The van der Waals surface area contributed by atoms with E-state index in [0.29, 0.717) is 3.70 Å². The van der Waals surface area contributed by atoms with Crippen molar-refractivity contribution in [1.29, 1.82) is 0 Å². The van der Waals surface area contributed by atoms with Crippen LogP contribution >= 0.6 is 22.6 Å². The van der Waals surface area contributed by atoms with Crippen molar-refractivity contribution in [2.24, 2.45) is 0 Å². The van der Waals surface area contributed by atoms with E-state index < -0.39 is 12.7 Å². The van der Waals surface area contributed by atoms with Crippen LogP contribution in [0.1, 0.15) is 0 Å². The maximum absolute atomic E-state index is 12.7. The van der Waals surface area contributed by atoms with E-state index in [-0.39, 0.29) is 5.75 Å². The minimum atomic E-state index is -1.04. The molecule has 1 aromatic rings. The van der Waals surface area contributed by atoms with Crippen molar-refractivity contribution in [3.05, 3.63) is 21.8 Å². The largest absolute Gasteiger partial charge is 0.458 e. The molecule has 0 unspecified atom stereocenters. The Morgan fingerprint density at radius 1 is 1.64 bits per heavy atom. The summed E-state index contributed by atoms with van der Waals surface area (Å²) in [5.41, 5.74) is 0. The van der Waals surface area contributed by atoms with Crippen molar-refractivity contribution in [2.75, 3.05) is 6.86 Å². The van der Waals surface area contributed by atoms with Crippen LogP contribution in [-0.2, 0) is 0 Å². The third-order valence-electron chi connectivity index (χ3n) is 0.996. The zero-order chi connectivity index (χ0) is 8.27. The first kappa shape index (κ1) is 8.63. The van der Waals surface area contributed by atoms with Crippen LogP contribution in [0, 0.1) is 9.52 Å². The summed E-state index contributed by atoms with van der Waals surface area (Å²) >= 11 is 1.85. The molecule has 1 heterocycles. The van der Waals surface area contributed by atoms with E-state index in [1.165, 1.54) is 6.07 Å². The number of pyridine rings is 1. The van der Waals surface area contributed by atoms with Crippen molar-refractivity contribution in [3.8, 4) is 5.75 Å². The number of nitrogens with zero attached hydrogens (tertiary/aromatic N) is 1. The van der Waals surface area contributed by atoms with Gasteiger partial charge < -0.3 is 4.74 Å². The third-order valence-corrected chi connectivity index (χ3v) is 1.59. The molecular formula is C6H4F2INO. The average molecular weight is 271 g/mol. The van der Waals surface area contributed by atoms with E-state index in [2.05, 4.69) is 9.72 Å². The number of rotatable bonds is 2. The summed E-state index contributed by atoms with van der Waals surface area (Å²) in [4.78, 5) is 3.71. The Labute approximate surface area is 75.7 Å². The Hall–Kier alpha value is -0.460. The lowest BCUT2D eigenvalue weighted by Crippen LogP contribution is -1.95. The van der Waals surface area contributed by atoms with Gasteiger partial charge >= 0.3 is 0 Å². The molecule has 0 radical (unpaired) electrons. The lowest BCUT2D eigenvalue weighted by molar-refractivity contribution is 0.183. The van der Waals surface area contributed by atoms with Gasteiger partial charge in [-0.05, 0) is 22.6 Å². The maximum Gasteiger partial charge on any atom is 0.228 e. The van der Waals surface area contributed by atoms with Crippen LogP contribution in [0.4, 0.5) is 8.78 Å². The van der Waals surface area contributed by atoms with E-state index >= 15 is 0 Å². The average Bonchev–Trinajstić information content (AvgIpc) is 1.95. The van der Waals surface area contributed by atoms with Gasteiger partial charge in [0.05, 0.1) is 6.20 Å². The molecule has 60 valence electrons. The van der Waals surface area contributed by atoms with Gasteiger partial charge in [-0.25, -0.2) is 13.8 Å². The molecule has 0 amide bonds. The van der Waals surface area contributed by atoms with Crippen LogP contribution < -0.4 is 4.74 Å².